The Kier molecular flexibility index (Phi) is 5.33. The number of nitrogens with one attached hydrogen (secondary N) is 1. The summed E-state index contributed by atoms with van der Waals surface area (Å²) < 4.78 is 0. The van der Waals surface area contributed by atoms with Crippen molar-refractivity contribution in [1.29, 1.82) is 0 Å². The van der Waals surface area contributed by atoms with Crippen LogP contribution in [0.15, 0.2) is 0 Å². The normalized spacial score (nSPS) is 21.4. The Morgan fingerprint density at radius 3 is 2.54 bits per heavy atom. The molecule has 1 fully saturated rings. The minimum Gasteiger partial charge on any atom is -0.341 e. The first-order valence-electron chi connectivity index (χ1n) is 4.60. The van der Waals surface area contributed by atoms with Crippen molar-refractivity contribution in [2.45, 2.75) is 26.3 Å². The Balaban J connectivity index is 0.00000144. The second-order valence-corrected chi connectivity index (χ2v) is 3.75. The van der Waals surface area contributed by atoms with E-state index in [-0.39, 0.29) is 24.2 Å². The van der Waals surface area contributed by atoms with Crippen molar-refractivity contribution in [3.63, 3.8) is 0 Å². The molecule has 0 saturated carbocycles. The Hall–Kier alpha value is -0.280. The van der Waals surface area contributed by atoms with Crippen LogP contribution in [0, 0.1) is 5.92 Å². The Morgan fingerprint density at radius 2 is 2.15 bits per heavy atom. The van der Waals surface area contributed by atoms with Crippen molar-refractivity contribution in [3.05, 3.63) is 0 Å². The smallest absolute Gasteiger partial charge is 0.225 e. The fraction of sp³-hybridized carbons (Fsp3) is 0.889. The number of nitrogens with zero attached hydrogens (tertiary/aromatic N) is 1. The molecule has 78 valence electrons. The number of rotatable bonds is 2. The summed E-state index contributed by atoms with van der Waals surface area (Å²) in [5.41, 5.74) is 0. The highest BCUT2D eigenvalue weighted by Gasteiger charge is 2.24. The van der Waals surface area contributed by atoms with Gasteiger partial charge in [-0.1, -0.05) is 13.8 Å². The van der Waals surface area contributed by atoms with Crippen LogP contribution in [0.3, 0.4) is 0 Å². The summed E-state index contributed by atoms with van der Waals surface area (Å²) in [5, 5.41) is 3.25. The van der Waals surface area contributed by atoms with Crippen LogP contribution in [-0.4, -0.2) is 37.0 Å². The van der Waals surface area contributed by atoms with Gasteiger partial charge in [0.2, 0.25) is 5.91 Å². The molecule has 1 saturated heterocycles. The highest BCUT2D eigenvalue weighted by atomic mass is 35.5. The molecule has 1 aliphatic rings. The lowest BCUT2D eigenvalue weighted by atomic mass is 10.1. The van der Waals surface area contributed by atoms with E-state index < -0.39 is 0 Å². The van der Waals surface area contributed by atoms with Crippen LogP contribution >= 0.6 is 12.4 Å². The third kappa shape index (κ3) is 3.16. The van der Waals surface area contributed by atoms with Gasteiger partial charge in [-0.15, -0.1) is 12.4 Å². The van der Waals surface area contributed by atoms with Crippen molar-refractivity contribution in [1.82, 2.24) is 10.2 Å². The maximum absolute atomic E-state index is 11.5. The molecule has 0 radical (unpaired) electrons. The summed E-state index contributed by atoms with van der Waals surface area (Å²) in [6.45, 7) is 5.89. The van der Waals surface area contributed by atoms with E-state index in [1.807, 2.05) is 25.8 Å². The number of carbonyl (C=O) groups excluding carboxylic acids is 1. The maximum Gasteiger partial charge on any atom is 0.225 e. The molecule has 1 heterocycles. The fourth-order valence-corrected chi connectivity index (χ4v) is 1.56. The SMILES string of the molecule is CC(C)C(=O)N(C)[C@H]1CCNC1.Cl. The molecular formula is C9H19ClN2O. The zero-order valence-corrected chi connectivity index (χ0v) is 9.36. The average Bonchev–Trinajstić information content (AvgIpc) is 2.53. The molecule has 4 heteroatoms. The van der Waals surface area contributed by atoms with Gasteiger partial charge in [0.15, 0.2) is 0 Å². The predicted octanol–water partition coefficient (Wildman–Crippen LogP) is 0.885. The third-order valence-electron chi connectivity index (χ3n) is 2.42. The van der Waals surface area contributed by atoms with E-state index in [0.717, 1.165) is 19.5 Å². The van der Waals surface area contributed by atoms with Crippen LogP contribution in [-0.2, 0) is 4.79 Å². The summed E-state index contributed by atoms with van der Waals surface area (Å²) in [5.74, 6) is 0.374. The topological polar surface area (TPSA) is 32.3 Å². The molecule has 1 N–H and O–H groups in total. The minimum absolute atomic E-state index is 0. The van der Waals surface area contributed by atoms with Crippen LogP contribution in [0.5, 0.6) is 0 Å². The molecule has 1 atom stereocenters. The lowest BCUT2D eigenvalue weighted by Crippen LogP contribution is -2.40. The first-order chi connectivity index (χ1) is 5.63. The van der Waals surface area contributed by atoms with E-state index in [1.54, 1.807) is 0 Å². The van der Waals surface area contributed by atoms with Gasteiger partial charge in [-0.05, 0) is 13.0 Å². The first-order valence-corrected chi connectivity index (χ1v) is 4.60. The molecule has 13 heavy (non-hydrogen) atoms. The highest BCUT2D eigenvalue weighted by Crippen LogP contribution is 2.09. The lowest BCUT2D eigenvalue weighted by Gasteiger charge is -2.25. The first kappa shape index (κ1) is 12.7. The lowest BCUT2D eigenvalue weighted by molar-refractivity contribution is -0.134. The molecule has 0 bridgehead atoms. The summed E-state index contributed by atoms with van der Waals surface area (Å²) in [7, 11) is 1.90. The number of carbonyl (C=O) groups is 1. The van der Waals surface area contributed by atoms with Crippen LogP contribution in [0.4, 0.5) is 0 Å². The van der Waals surface area contributed by atoms with Crippen molar-refractivity contribution in [2.24, 2.45) is 5.92 Å². The number of halogens is 1. The van der Waals surface area contributed by atoms with Crippen LogP contribution in [0.1, 0.15) is 20.3 Å². The van der Waals surface area contributed by atoms with Gasteiger partial charge in [0.25, 0.3) is 0 Å². The van der Waals surface area contributed by atoms with E-state index in [0.29, 0.717) is 6.04 Å². The Labute approximate surface area is 86.3 Å². The highest BCUT2D eigenvalue weighted by molar-refractivity contribution is 5.85. The van der Waals surface area contributed by atoms with Gasteiger partial charge in [-0.2, -0.15) is 0 Å². The maximum atomic E-state index is 11.5. The van der Waals surface area contributed by atoms with Crippen molar-refractivity contribution in [3.8, 4) is 0 Å². The summed E-state index contributed by atoms with van der Waals surface area (Å²) in [6.07, 6.45) is 1.09. The standard InChI is InChI=1S/C9H18N2O.ClH/c1-7(2)9(12)11(3)8-4-5-10-6-8;/h7-8,10H,4-6H2,1-3H3;1H/t8-;/m0./s1. The Bertz CT molecular complexity index is 167. The van der Waals surface area contributed by atoms with E-state index in [1.165, 1.54) is 0 Å². The zero-order valence-electron chi connectivity index (χ0n) is 8.54. The van der Waals surface area contributed by atoms with Gasteiger partial charge in [-0.25, -0.2) is 0 Å². The Morgan fingerprint density at radius 1 is 1.54 bits per heavy atom. The van der Waals surface area contributed by atoms with E-state index in [4.69, 9.17) is 0 Å². The molecule has 0 aromatic heterocycles. The molecule has 1 amide bonds. The number of likely N-dealkylation sites (N-methyl/N-ethyl adjacent to an activating group) is 1. The number of hydrogen-bond acceptors (Lipinski definition) is 2. The number of amides is 1. The van der Waals surface area contributed by atoms with Gasteiger partial charge in [0, 0.05) is 25.6 Å². The second kappa shape index (κ2) is 5.45. The van der Waals surface area contributed by atoms with Gasteiger partial charge < -0.3 is 10.2 Å². The van der Waals surface area contributed by atoms with Crippen LogP contribution in [0.25, 0.3) is 0 Å². The molecule has 3 nitrogen and oxygen atoms in total. The van der Waals surface area contributed by atoms with Gasteiger partial charge in [-0.3, -0.25) is 4.79 Å². The quantitative estimate of drug-likeness (QED) is 0.728. The molecular weight excluding hydrogens is 188 g/mol. The fourth-order valence-electron chi connectivity index (χ4n) is 1.56. The number of hydrogen-bond donors (Lipinski definition) is 1. The van der Waals surface area contributed by atoms with Crippen molar-refractivity contribution in [2.75, 3.05) is 20.1 Å². The van der Waals surface area contributed by atoms with Crippen molar-refractivity contribution >= 4 is 18.3 Å². The minimum atomic E-state index is 0. The molecule has 1 aliphatic heterocycles. The molecule has 0 aliphatic carbocycles. The summed E-state index contributed by atoms with van der Waals surface area (Å²) in [4.78, 5) is 13.4. The van der Waals surface area contributed by atoms with E-state index in [9.17, 15) is 4.79 Å². The van der Waals surface area contributed by atoms with Gasteiger partial charge in [0.05, 0.1) is 0 Å². The van der Waals surface area contributed by atoms with E-state index >= 15 is 0 Å². The third-order valence-corrected chi connectivity index (χ3v) is 2.42. The van der Waals surface area contributed by atoms with Gasteiger partial charge in [0.1, 0.15) is 0 Å². The summed E-state index contributed by atoms with van der Waals surface area (Å²) >= 11 is 0. The van der Waals surface area contributed by atoms with E-state index in [2.05, 4.69) is 5.32 Å². The monoisotopic (exact) mass is 206 g/mol. The molecule has 0 unspecified atom stereocenters. The molecule has 0 aromatic rings. The average molecular weight is 207 g/mol. The van der Waals surface area contributed by atoms with Gasteiger partial charge >= 0.3 is 0 Å². The van der Waals surface area contributed by atoms with Crippen LogP contribution < -0.4 is 5.32 Å². The molecule has 0 aromatic carbocycles. The second-order valence-electron chi connectivity index (χ2n) is 3.75. The largest absolute Gasteiger partial charge is 0.341 e. The molecule has 0 spiro atoms. The molecule has 1 rings (SSSR count). The van der Waals surface area contributed by atoms with Crippen LogP contribution in [0.2, 0.25) is 0 Å². The summed E-state index contributed by atoms with van der Waals surface area (Å²) in [6, 6.07) is 0.417. The zero-order chi connectivity index (χ0) is 9.14. The predicted molar refractivity (Wildman–Crippen MR) is 56.1 cm³/mol. The van der Waals surface area contributed by atoms with Crippen molar-refractivity contribution < 1.29 is 4.79 Å².